The van der Waals surface area contributed by atoms with Crippen LogP contribution in [-0.2, 0) is 14.3 Å². The van der Waals surface area contributed by atoms with Gasteiger partial charge in [0.15, 0.2) is 0 Å². The van der Waals surface area contributed by atoms with Crippen molar-refractivity contribution in [2.45, 2.75) is 13.8 Å². The number of methoxy groups -OCH3 is 1. The second-order valence-electron chi connectivity index (χ2n) is 7.05. The first-order valence-corrected chi connectivity index (χ1v) is 9.72. The Morgan fingerprint density at radius 1 is 1.25 bits per heavy atom. The molecule has 5 nitrogen and oxygen atoms in total. The summed E-state index contributed by atoms with van der Waals surface area (Å²) in [6.07, 6.45) is 1.76. The molecule has 2 aromatic rings. The van der Waals surface area contributed by atoms with Crippen LogP contribution in [0, 0.1) is 5.41 Å². The summed E-state index contributed by atoms with van der Waals surface area (Å²) in [5.41, 5.74) is 1.87. The van der Waals surface area contributed by atoms with Crippen molar-refractivity contribution < 1.29 is 19.1 Å². The molecular weight excluding hydrogens is 446 g/mol. The summed E-state index contributed by atoms with van der Waals surface area (Å²) >= 11 is 9.46. The summed E-state index contributed by atoms with van der Waals surface area (Å²) < 4.78 is 11.6. The van der Waals surface area contributed by atoms with E-state index in [4.69, 9.17) is 21.1 Å². The fourth-order valence-electron chi connectivity index (χ4n) is 2.82. The zero-order valence-electron chi connectivity index (χ0n) is 15.6. The van der Waals surface area contributed by atoms with E-state index in [0.29, 0.717) is 27.6 Å². The van der Waals surface area contributed by atoms with Crippen molar-refractivity contribution in [1.82, 2.24) is 0 Å². The van der Waals surface area contributed by atoms with E-state index in [0.717, 1.165) is 10.0 Å². The molecule has 0 saturated carbocycles. The molecule has 3 rings (SSSR count). The van der Waals surface area contributed by atoms with Gasteiger partial charge in [-0.3, -0.25) is 9.59 Å². The van der Waals surface area contributed by atoms with Gasteiger partial charge in [-0.05, 0) is 50.3 Å². The van der Waals surface area contributed by atoms with Gasteiger partial charge in [-0.25, -0.2) is 0 Å². The Hall–Kier alpha value is -2.31. The number of esters is 1. The molecule has 0 fully saturated rings. The minimum atomic E-state index is -0.805. The summed E-state index contributed by atoms with van der Waals surface area (Å²) in [6, 6.07) is 10.7. The van der Waals surface area contributed by atoms with E-state index in [2.05, 4.69) is 21.2 Å². The molecule has 7 heteroatoms. The van der Waals surface area contributed by atoms with E-state index >= 15 is 0 Å². The van der Waals surface area contributed by atoms with Crippen molar-refractivity contribution in [3.05, 3.63) is 57.0 Å². The molecule has 1 heterocycles. The summed E-state index contributed by atoms with van der Waals surface area (Å²) in [5.74, 6) is -0.00790. The van der Waals surface area contributed by atoms with Crippen LogP contribution in [0.5, 0.6) is 5.75 Å². The molecule has 0 bridgehead atoms. The van der Waals surface area contributed by atoms with E-state index in [-0.39, 0.29) is 18.5 Å². The van der Waals surface area contributed by atoms with E-state index in [1.165, 1.54) is 7.11 Å². The number of nitrogens with one attached hydrogen (secondary N) is 1. The van der Waals surface area contributed by atoms with E-state index < -0.39 is 5.41 Å². The lowest BCUT2D eigenvalue weighted by molar-refractivity contribution is -0.152. The molecule has 0 aromatic heterocycles. The van der Waals surface area contributed by atoms with Crippen LogP contribution in [-0.4, -0.2) is 25.6 Å². The highest BCUT2D eigenvalue weighted by Gasteiger charge is 2.30. The summed E-state index contributed by atoms with van der Waals surface area (Å²) in [6.45, 7) is 3.64. The largest absolute Gasteiger partial charge is 0.492 e. The fraction of sp³-hybridized carbons (Fsp3) is 0.238. The Bertz CT molecular complexity index is 984. The molecule has 0 unspecified atom stereocenters. The summed E-state index contributed by atoms with van der Waals surface area (Å²) in [5, 5.41) is 3.37. The predicted octanol–water partition coefficient (Wildman–Crippen LogP) is 5.17. The minimum absolute atomic E-state index is 0.135. The van der Waals surface area contributed by atoms with Gasteiger partial charge in [0.05, 0.1) is 18.2 Å². The zero-order valence-corrected chi connectivity index (χ0v) is 18.0. The second-order valence-corrected chi connectivity index (χ2v) is 8.40. The number of hydrogen-bond donors (Lipinski definition) is 1. The fourth-order valence-corrected chi connectivity index (χ4v) is 3.37. The molecule has 1 amide bonds. The Kier molecular flexibility index (Phi) is 5.82. The smallest absolute Gasteiger partial charge is 0.314 e. The molecule has 146 valence electrons. The van der Waals surface area contributed by atoms with Gasteiger partial charge in [0.2, 0.25) is 0 Å². The first-order chi connectivity index (χ1) is 13.2. The maximum absolute atomic E-state index is 12.5. The lowest BCUT2D eigenvalue weighted by Crippen LogP contribution is -2.32. The van der Waals surface area contributed by atoms with Crippen molar-refractivity contribution in [2.24, 2.45) is 5.41 Å². The average Bonchev–Trinajstić information content (AvgIpc) is 2.94. The lowest BCUT2D eigenvalue weighted by atomic mass is 9.95. The van der Waals surface area contributed by atoms with Gasteiger partial charge in [0.1, 0.15) is 12.4 Å². The van der Waals surface area contributed by atoms with Crippen LogP contribution in [0.15, 0.2) is 40.9 Å². The number of rotatable bonds is 5. The molecule has 0 radical (unpaired) electrons. The lowest BCUT2D eigenvalue weighted by Gasteiger charge is -2.22. The van der Waals surface area contributed by atoms with Crippen LogP contribution in [0.1, 0.15) is 25.0 Å². The molecular formula is C21H19BrClNO4. The monoisotopic (exact) mass is 463 g/mol. The highest BCUT2D eigenvalue weighted by molar-refractivity contribution is 9.10. The standard InChI is InChI=1S/C21H19BrClNO4/c1-21(2,20(26)27-3)11-28-18-7-4-13(22)8-12(18)9-16-15-6-5-14(23)10-17(15)24-19(16)25/h4-10H,11H2,1-3H3,(H,24,25)/b16-9+. The molecule has 28 heavy (non-hydrogen) atoms. The Morgan fingerprint density at radius 2 is 2.00 bits per heavy atom. The van der Waals surface area contributed by atoms with E-state index in [1.807, 2.05) is 12.1 Å². The number of carbonyl (C=O) groups is 2. The number of benzene rings is 2. The molecule has 0 aliphatic carbocycles. The third-order valence-corrected chi connectivity index (χ3v) is 5.09. The quantitative estimate of drug-likeness (QED) is 0.489. The molecule has 1 aliphatic heterocycles. The van der Waals surface area contributed by atoms with Crippen molar-refractivity contribution in [1.29, 1.82) is 0 Å². The average molecular weight is 465 g/mol. The number of carbonyl (C=O) groups excluding carboxylic acids is 2. The Morgan fingerprint density at radius 3 is 2.71 bits per heavy atom. The van der Waals surface area contributed by atoms with Gasteiger partial charge < -0.3 is 14.8 Å². The van der Waals surface area contributed by atoms with Gasteiger partial charge >= 0.3 is 5.97 Å². The highest BCUT2D eigenvalue weighted by atomic mass is 79.9. The van der Waals surface area contributed by atoms with Crippen LogP contribution >= 0.6 is 27.5 Å². The Labute approximate surface area is 176 Å². The molecule has 2 aromatic carbocycles. The van der Waals surface area contributed by atoms with Crippen LogP contribution in [0.25, 0.3) is 11.6 Å². The zero-order chi connectivity index (χ0) is 20.5. The van der Waals surface area contributed by atoms with Crippen molar-refractivity contribution in [2.75, 3.05) is 19.0 Å². The molecule has 0 spiro atoms. The molecule has 0 saturated heterocycles. The van der Waals surface area contributed by atoms with E-state index in [9.17, 15) is 9.59 Å². The summed E-state index contributed by atoms with van der Waals surface area (Å²) in [7, 11) is 1.35. The number of halogens is 2. The number of fused-ring (bicyclic) bond motifs is 1. The number of hydrogen-bond acceptors (Lipinski definition) is 4. The third kappa shape index (κ3) is 4.23. The highest BCUT2D eigenvalue weighted by Crippen LogP contribution is 2.37. The normalized spacial score (nSPS) is 14.6. The van der Waals surface area contributed by atoms with Gasteiger partial charge in [0, 0.05) is 26.2 Å². The second kappa shape index (κ2) is 7.97. The van der Waals surface area contributed by atoms with Crippen molar-refractivity contribution >= 4 is 56.7 Å². The summed E-state index contributed by atoms with van der Waals surface area (Å²) in [4.78, 5) is 24.3. The van der Waals surface area contributed by atoms with Crippen molar-refractivity contribution in [3.63, 3.8) is 0 Å². The third-order valence-electron chi connectivity index (χ3n) is 4.36. The Balaban J connectivity index is 1.95. The molecule has 1 aliphatic rings. The molecule has 0 atom stereocenters. The van der Waals surface area contributed by atoms with E-state index in [1.54, 1.807) is 44.2 Å². The van der Waals surface area contributed by atoms with Gasteiger partial charge in [-0.15, -0.1) is 0 Å². The van der Waals surface area contributed by atoms with Crippen molar-refractivity contribution in [3.8, 4) is 5.75 Å². The van der Waals surface area contributed by atoms with Gasteiger partial charge in [0.25, 0.3) is 5.91 Å². The van der Waals surface area contributed by atoms with Gasteiger partial charge in [-0.2, -0.15) is 0 Å². The number of anilines is 1. The first-order valence-electron chi connectivity index (χ1n) is 8.55. The first kappa shape index (κ1) is 20.4. The van der Waals surface area contributed by atoms with Gasteiger partial charge in [-0.1, -0.05) is 33.6 Å². The molecule has 1 N–H and O–H groups in total. The number of amides is 1. The van der Waals surface area contributed by atoms with Crippen LogP contribution in [0.3, 0.4) is 0 Å². The van der Waals surface area contributed by atoms with Crippen LogP contribution in [0.4, 0.5) is 5.69 Å². The maximum Gasteiger partial charge on any atom is 0.314 e. The topological polar surface area (TPSA) is 64.6 Å². The minimum Gasteiger partial charge on any atom is -0.492 e. The predicted molar refractivity (Wildman–Crippen MR) is 113 cm³/mol. The van der Waals surface area contributed by atoms with Crippen LogP contribution in [0.2, 0.25) is 5.02 Å². The van der Waals surface area contributed by atoms with Crippen LogP contribution < -0.4 is 10.1 Å². The SMILES string of the molecule is COC(=O)C(C)(C)COc1ccc(Br)cc1/C=C1/C(=O)Nc2cc(Cl)ccc21. The number of ether oxygens (including phenoxy) is 2. The maximum atomic E-state index is 12.5.